The molecule has 0 fully saturated rings. The predicted molar refractivity (Wildman–Crippen MR) is 95.7 cm³/mol. The van der Waals surface area contributed by atoms with Crippen LogP contribution in [0, 0.1) is 0 Å². The Balaban J connectivity index is 1.97. The maximum Gasteiger partial charge on any atom is 0.0406 e. The first-order valence-electron chi connectivity index (χ1n) is 7.45. The first-order valence-corrected chi connectivity index (χ1v) is 7.83. The lowest BCUT2D eigenvalue weighted by Crippen LogP contribution is -1.92. The zero-order valence-corrected chi connectivity index (χ0v) is 12.8. The highest BCUT2D eigenvalue weighted by molar-refractivity contribution is 6.30. The third-order valence-corrected chi connectivity index (χ3v) is 4.43. The van der Waals surface area contributed by atoms with E-state index >= 15 is 0 Å². The van der Waals surface area contributed by atoms with E-state index in [2.05, 4.69) is 66.7 Å². The van der Waals surface area contributed by atoms with Gasteiger partial charge in [-0.15, -0.1) is 0 Å². The molecule has 1 heteroatoms. The molecule has 4 aromatic rings. The van der Waals surface area contributed by atoms with Crippen LogP contribution in [-0.4, -0.2) is 0 Å². The van der Waals surface area contributed by atoms with Crippen LogP contribution in [0.25, 0.3) is 21.5 Å². The van der Waals surface area contributed by atoms with Crippen molar-refractivity contribution in [2.75, 3.05) is 0 Å². The SMILES string of the molecule is Clc1ccc(Cc2c3ccccc3cc3ccccc23)cc1. The van der Waals surface area contributed by atoms with Gasteiger partial charge in [0, 0.05) is 5.02 Å². The van der Waals surface area contributed by atoms with Gasteiger partial charge >= 0.3 is 0 Å². The molecule has 0 N–H and O–H groups in total. The molecule has 0 amide bonds. The average Bonchev–Trinajstić information content (AvgIpc) is 2.56. The van der Waals surface area contributed by atoms with Gasteiger partial charge in [-0.05, 0) is 57.3 Å². The molecule has 0 aliphatic rings. The molecule has 0 atom stereocenters. The molecule has 0 radical (unpaired) electrons. The van der Waals surface area contributed by atoms with E-state index in [4.69, 9.17) is 11.6 Å². The first kappa shape index (κ1) is 13.4. The zero-order valence-electron chi connectivity index (χ0n) is 12.1. The number of rotatable bonds is 2. The van der Waals surface area contributed by atoms with Gasteiger partial charge in [0.05, 0.1) is 0 Å². The van der Waals surface area contributed by atoms with Gasteiger partial charge in [-0.3, -0.25) is 0 Å². The lowest BCUT2D eigenvalue weighted by atomic mass is 9.92. The third-order valence-electron chi connectivity index (χ3n) is 4.18. The molecular formula is C21H15Cl. The lowest BCUT2D eigenvalue weighted by molar-refractivity contribution is 1.23. The number of fused-ring (bicyclic) bond motifs is 2. The van der Waals surface area contributed by atoms with Gasteiger partial charge in [0.25, 0.3) is 0 Å². The van der Waals surface area contributed by atoms with Crippen molar-refractivity contribution >= 4 is 33.1 Å². The van der Waals surface area contributed by atoms with Gasteiger partial charge in [0.1, 0.15) is 0 Å². The van der Waals surface area contributed by atoms with E-state index in [-0.39, 0.29) is 0 Å². The van der Waals surface area contributed by atoms with Crippen molar-refractivity contribution in [1.82, 2.24) is 0 Å². The van der Waals surface area contributed by atoms with Crippen LogP contribution in [0.4, 0.5) is 0 Å². The molecule has 0 spiro atoms. The smallest absolute Gasteiger partial charge is 0.0406 e. The Labute approximate surface area is 135 Å². The minimum absolute atomic E-state index is 0.784. The summed E-state index contributed by atoms with van der Waals surface area (Å²) in [4.78, 5) is 0. The van der Waals surface area contributed by atoms with Crippen molar-refractivity contribution in [3.8, 4) is 0 Å². The fraction of sp³-hybridized carbons (Fsp3) is 0.0476. The summed E-state index contributed by atoms with van der Waals surface area (Å²) in [6.07, 6.45) is 0.916. The van der Waals surface area contributed by atoms with E-state index in [1.807, 2.05) is 12.1 Å². The fourth-order valence-corrected chi connectivity index (χ4v) is 3.23. The van der Waals surface area contributed by atoms with Crippen LogP contribution < -0.4 is 0 Å². The van der Waals surface area contributed by atoms with E-state index in [0.29, 0.717) is 0 Å². The second-order valence-electron chi connectivity index (χ2n) is 5.60. The Morgan fingerprint density at radius 2 is 1.18 bits per heavy atom. The molecule has 0 heterocycles. The summed E-state index contributed by atoms with van der Waals surface area (Å²) < 4.78 is 0. The number of halogens is 1. The molecule has 0 saturated heterocycles. The molecule has 0 aliphatic carbocycles. The van der Waals surface area contributed by atoms with Gasteiger partial charge in [-0.1, -0.05) is 72.3 Å². The predicted octanol–water partition coefficient (Wildman–Crippen LogP) is 6.24. The monoisotopic (exact) mass is 302 g/mol. The van der Waals surface area contributed by atoms with Gasteiger partial charge in [-0.2, -0.15) is 0 Å². The van der Waals surface area contributed by atoms with Crippen LogP contribution in [0.2, 0.25) is 5.02 Å². The standard InChI is InChI=1S/C21H15Cl/c22-18-11-9-15(10-12-18)13-21-19-7-3-1-5-16(19)14-17-6-2-4-8-20(17)21/h1-12,14H,13H2. The fourth-order valence-electron chi connectivity index (χ4n) is 3.10. The summed E-state index contributed by atoms with van der Waals surface area (Å²) in [5.74, 6) is 0. The molecule has 0 bridgehead atoms. The second kappa shape index (κ2) is 5.47. The highest BCUT2D eigenvalue weighted by Crippen LogP contribution is 2.30. The van der Waals surface area contributed by atoms with E-state index in [0.717, 1.165) is 11.4 Å². The van der Waals surface area contributed by atoms with Crippen molar-refractivity contribution < 1.29 is 0 Å². The van der Waals surface area contributed by atoms with Crippen LogP contribution in [0.1, 0.15) is 11.1 Å². The molecule has 0 aliphatic heterocycles. The Kier molecular flexibility index (Phi) is 3.32. The summed E-state index contributed by atoms with van der Waals surface area (Å²) in [7, 11) is 0. The van der Waals surface area contributed by atoms with Crippen molar-refractivity contribution in [1.29, 1.82) is 0 Å². The van der Waals surface area contributed by atoms with E-state index in [1.165, 1.54) is 32.7 Å². The Hall–Kier alpha value is -2.31. The molecule has 4 aromatic carbocycles. The highest BCUT2D eigenvalue weighted by atomic mass is 35.5. The van der Waals surface area contributed by atoms with Crippen LogP contribution in [0.15, 0.2) is 78.9 Å². The summed E-state index contributed by atoms with van der Waals surface area (Å²) in [5, 5.41) is 6.04. The van der Waals surface area contributed by atoms with Gasteiger partial charge in [0.15, 0.2) is 0 Å². The minimum Gasteiger partial charge on any atom is -0.0843 e. The quantitative estimate of drug-likeness (QED) is 0.385. The van der Waals surface area contributed by atoms with Crippen molar-refractivity contribution in [2.24, 2.45) is 0 Å². The summed E-state index contributed by atoms with van der Waals surface area (Å²) in [6, 6.07) is 27.7. The molecular weight excluding hydrogens is 288 g/mol. The molecule has 0 unspecified atom stereocenters. The summed E-state index contributed by atoms with van der Waals surface area (Å²) >= 11 is 6.00. The van der Waals surface area contributed by atoms with E-state index in [1.54, 1.807) is 0 Å². The third kappa shape index (κ3) is 2.36. The van der Waals surface area contributed by atoms with Crippen LogP contribution in [0.5, 0.6) is 0 Å². The van der Waals surface area contributed by atoms with E-state index < -0.39 is 0 Å². The molecule has 0 nitrogen and oxygen atoms in total. The van der Waals surface area contributed by atoms with E-state index in [9.17, 15) is 0 Å². The maximum absolute atomic E-state index is 6.00. The van der Waals surface area contributed by atoms with Crippen molar-refractivity contribution in [3.05, 3.63) is 95.0 Å². The van der Waals surface area contributed by atoms with Crippen molar-refractivity contribution in [2.45, 2.75) is 6.42 Å². The largest absolute Gasteiger partial charge is 0.0843 e. The minimum atomic E-state index is 0.784. The van der Waals surface area contributed by atoms with Crippen molar-refractivity contribution in [3.63, 3.8) is 0 Å². The summed E-state index contributed by atoms with van der Waals surface area (Å²) in [5.41, 5.74) is 2.67. The Morgan fingerprint density at radius 1 is 0.636 bits per heavy atom. The molecule has 106 valence electrons. The van der Waals surface area contributed by atoms with Crippen LogP contribution in [-0.2, 0) is 6.42 Å². The number of hydrogen-bond donors (Lipinski definition) is 0. The maximum atomic E-state index is 6.00. The van der Waals surface area contributed by atoms with Gasteiger partial charge in [-0.25, -0.2) is 0 Å². The molecule has 22 heavy (non-hydrogen) atoms. The molecule has 0 saturated carbocycles. The lowest BCUT2D eigenvalue weighted by Gasteiger charge is -2.12. The molecule has 0 aromatic heterocycles. The first-order chi connectivity index (χ1) is 10.8. The Bertz CT molecular complexity index is 898. The molecule has 4 rings (SSSR count). The number of benzene rings is 4. The topological polar surface area (TPSA) is 0 Å². The average molecular weight is 303 g/mol. The highest BCUT2D eigenvalue weighted by Gasteiger charge is 2.08. The zero-order chi connectivity index (χ0) is 14.9. The second-order valence-corrected chi connectivity index (χ2v) is 6.04. The normalized spacial score (nSPS) is 11.1. The van der Waals surface area contributed by atoms with Crippen LogP contribution in [0.3, 0.4) is 0 Å². The van der Waals surface area contributed by atoms with Crippen LogP contribution >= 0.6 is 11.6 Å². The van der Waals surface area contributed by atoms with Gasteiger partial charge < -0.3 is 0 Å². The Morgan fingerprint density at radius 3 is 1.77 bits per heavy atom. The number of hydrogen-bond acceptors (Lipinski definition) is 0. The summed E-state index contributed by atoms with van der Waals surface area (Å²) in [6.45, 7) is 0. The van der Waals surface area contributed by atoms with Gasteiger partial charge in [0.2, 0.25) is 0 Å².